The van der Waals surface area contributed by atoms with Gasteiger partial charge in [0.1, 0.15) is 0 Å². The molecule has 0 fully saturated rings. The number of halogens is 1. The van der Waals surface area contributed by atoms with Crippen LogP contribution in [0.5, 0.6) is 0 Å². The maximum absolute atomic E-state index is 13.1. The standard InChI is InChI=1S/C18H17IN2OS/c1-3-10-23-18-20-16-9-6-13(19)11-15(16)17(22)21(18)14-7-4-12(2)5-8-14/h4-9,11H,3,10H2,1-2H3. The number of hydrogen-bond donors (Lipinski definition) is 0. The summed E-state index contributed by atoms with van der Waals surface area (Å²) in [6, 6.07) is 13.8. The van der Waals surface area contributed by atoms with Gasteiger partial charge < -0.3 is 0 Å². The Bertz CT molecular complexity index is 903. The molecular weight excluding hydrogens is 419 g/mol. The SMILES string of the molecule is CCCSc1nc2ccc(I)cc2c(=O)n1-c1ccc(C)cc1. The predicted molar refractivity (Wildman–Crippen MR) is 106 cm³/mol. The van der Waals surface area contributed by atoms with Gasteiger partial charge in [-0.2, -0.15) is 0 Å². The molecule has 1 aromatic heterocycles. The van der Waals surface area contributed by atoms with Crippen LogP contribution >= 0.6 is 34.4 Å². The van der Waals surface area contributed by atoms with Crippen LogP contribution in [0.2, 0.25) is 0 Å². The summed E-state index contributed by atoms with van der Waals surface area (Å²) >= 11 is 3.85. The minimum atomic E-state index is -0.00373. The van der Waals surface area contributed by atoms with Gasteiger partial charge in [-0.1, -0.05) is 36.4 Å². The van der Waals surface area contributed by atoms with Crippen molar-refractivity contribution in [1.82, 2.24) is 9.55 Å². The molecule has 0 bridgehead atoms. The van der Waals surface area contributed by atoms with Crippen LogP contribution < -0.4 is 5.56 Å². The second kappa shape index (κ2) is 7.05. The topological polar surface area (TPSA) is 34.9 Å². The van der Waals surface area contributed by atoms with Crippen molar-refractivity contribution in [3.05, 3.63) is 62.0 Å². The number of nitrogens with zero attached hydrogens (tertiary/aromatic N) is 2. The highest BCUT2D eigenvalue weighted by Gasteiger charge is 2.13. The summed E-state index contributed by atoms with van der Waals surface area (Å²) in [5.41, 5.74) is 2.80. The van der Waals surface area contributed by atoms with E-state index in [4.69, 9.17) is 4.98 Å². The van der Waals surface area contributed by atoms with Crippen LogP contribution in [0.1, 0.15) is 18.9 Å². The van der Waals surface area contributed by atoms with Crippen LogP contribution in [0.4, 0.5) is 0 Å². The molecule has 5 heteroatoms. The third kappa shape index (κ3) is 3.45. The zero-order valence-electron chi connectivity index (χ0n) is 13.0. The van der Waals surface area contributed by atoms with E-state index in [0.29, 0.717) is 5.39 Å². The van der Waals surface area contributed by atoms with Crippen molar-refractivity contribution < 1.29 is 0 Å². The van der Waals surface area contributed by atoms with Crippen LogP contribution in [0.3, 0.4) is 0 Å². The molecular formula is C18H17IN2OS. The zero-order chi connectivity index (χ0) is 16.4. The average Bonchev–Trinajstić information content (AvgIpc) is 2.55. The van der Waals surface area contributed by atoms with Crippen LogP contribution in [-0.4, -0.2) is 15.3 Å². The Morgan fingerprint density at radius 2 is 1.91 bits per heavy atom. The van der Waals surface area contributed by atoms with E-state index in [9.17, 15) is 4.79 Å². The summed E-state index contributed by atoms with van der Waals surface area (Å²) in [6.07, 6.45) is 1.04. The highest BCUT2D eigenvalue weighted by atomic mass is 127. The molecule has 2 aromatic carbocycles. The number of aromatic nitrogens is 2. The lowest BCUT2D eigenvalue weighted by molar-refractivity contribution is 0.818. The maximum Gasteiger partial charge on any atom is 0.266 e. The molecule has 0 aliphatic rings. The maximum atomic E-state index is 13.1. The van der Waals surface area contributed by atoms with E-state index >= 15 is 0 Å². The molecule has 3 nitrogen and oxygen atoms in total. The van der Waals surface area contributed by atoms with Gasteiger partial charge in [-0.05, 0) is 66.3 Å². The fraction of sp³-hybridized carbons (Fsp3) is 0.222. The minimum absolute atomic E-state index is 0.00373. The largest absolute Gasteiger partial charge is 0.268 e. The van der Waals surface area contributed by atoms with Gasteiger partial charge in [0.05, 0.1) is 16.6 Å². The van der Waals surface area contributed by atoms with Crippen molar-refractivity contribution in [3.63, 3.8) is 0 Å². The van der Waals surface area contributed by atoms with Gasteiger partial charge in [-0.15, -0.1) is 0 Å². The zero-order valence-corrected chi connectivity index (χ0v) is 16.0. The number of benzene rings is 2. The first kappa shape index (κ1) is 16.5. The minimum Gasteiger partial charge on any atom is -0.268 e. The lowest BCUT2D eigenvalue weighted by Gasteiger charge is -2.13. The number of fused-ring (bicyclic) bond motifs is 1. The van der Waals surface area contributed by atoms with E-state index < -0.39 is 0 Å². The summed E-state index contributed by atoms with van der Waals surface area (Å²) in [5.74, 6) is 0.939. The van der Waals surface area contributed by atoms with Gasteiger partial charge >= 0.3 is 0 Å². The molecule has 3 rings (SSSR count). The molecule has 0 aliphatic carbocycles. The van der Waals surface area contributed by atoms with E-state index in [1.807, 2.05) is 49.4 Å². The van der Waals surface area contributed by atoms with E-state index in [-0.39, 0.29) is 5.56 Å². The molecule has 0 saturated heterocycles. The molecule has 118 valence electrons. The summed E-state index contributed by atoms with van der Waals surface area (Å²) in [4.78, 5) is 17.8. The Morgan fingerprint density at radius 1 is 1.17 bits per heavy atom. The molecule has 0 unspecified atom stereocenters. The van der Waals surface area contributed by atoms with Gasteiger partial charge in [0.15, 0.2) is 5.16 Å². The number of aryl methyl sites for hydroxylation is 1. The van der Waals surface area contributed by atoms with E-state index in [2.05, 4.69) is 29.5 Å². The first-order valence-electron chi connectivity index (χ1n) is 7.52. The lowest BCUT2D eigenvalue weighted by Crippen LogP contribution is -2.22. The molecule has 23 heavy (non-hydrogen) atoms. The highest BCUT2D eigenvalue weighted by Crippen LogP contribution is 2.23. The van der Waals surface area contributed by atoms with Crippen LogP contribution in [-0.2, 0) is 0 Å². The van der Waals surface area contributed by atoms with Crippen LogP contribution in [0.25, 0.3) is 16.6 Å². The number of rotatable bonds is 4. The van der Waals surface area contributed by atoms with Crippen molar-refractivity contribution >= 4 is 45.3 Å². The third-order valence-electron chi connectivity index (χ3n) is 3.53. The summed E-state index contributed by atoms with van der Waals surface area (Å²) in [6.45, 7) is 4.17. The van der Waals surface area contributed by atoms with E-state index in [1.165, 1.54) is 5.56 Å². The molecule has 0 spiro atoms. The van der Waals surface area contributed by atoms with Gasteiger partial charge in [0.2, 0.25) is 0 Å². The highest BCUT2D eigenvalue weighted by molar-refractivity contribution is 14.1. The van der Waals surface area contributed by atoms with Crippen molar-refractivity contribution in [1.29, 1.82) is 0 Å². The second-order valence-corrected chi connectivity index (χ2v) is 7.69. The van der Waals surface area contributed by atoms with Gasteiger partial charge in [-0.25, -0.2) is 4.98 Å². The first-order valence-corrected chi connectivity index (χ1v) is 9.58. The monoisotopic (exact) mass is 436 g/mol. The Kier molecular flexibility index (Phi) is 5.06. The Balaban J connectivity index is 2.29. The third-order valence-corrected chi connectivity index (χ3v) is 5.34. The number of hydrogen-bond acceptors (Lipinski definition) is 3. The van der Waals surface area contributed by atoms with Gasteiger partial charge in [0.25, 0.3) is 5.56 Å². The predicted octanol–water partition coefficient (Wildman–Crippen LogP) is 4.80. The van der Waals surface area contributed by atoms with Crippen LogP contribution in [0, 0.1) is 10.5 Å². The second-order valence-electron chi connectivity index (χ2n) is 5.38. The Hall–Kier alpha value is -1.34. The van der Waals surface area contributed by atoms with Gasteiger partial charge in [0, 0.05) is 9.32 Å². The normalized spacial score (nSPS) is 11.1. The molecule has 0 aliphatic heterocycles. The van der Waals surface area contributed by atoms with Crippen molar-refractivity contribution in [2.75, 3.05) is 5.75 Å². The fourth-order valence-electron chi connectivity index (χ4n) is 2.35. The fourth-order valence-corrected chi connectivity index (χ4v) is 3.71. The Morgan fingerprint density at radius 3 is 2.61 bits per heavy atom. The summed E-state index contributed by atoms with van der Waals surface area (Å²) in [7, 11) is 0. The molecule has 1 heterocycles. The molecule has 0 radical (unpaired) electrons. The first-order chi connectivity index (χ1) is 11.1. The van der Waals surface area contributed by atoms with E-state index in [0.717, 1.165) is 32.1 Å². The Labute approximate surface area is 153 Å². The van der Waals surface area contributed by atoms with Crippen molar-refractivity contribution in [2.24, 2.45) is 0 Å². The lowest BCUT2D eigenvalue weighted by atomic mass is 10.2. The van der Waals surface area contributed by atoms with Gasteiger partial charge in [-0.3, -0.25) is 9.36 Å². The average molecular weight is 436 g/mol. The van der Waals surface area contributed by atoms with Crippen molar-refractivity contribution in [2.45, 2.75) is 25.4 Å². The molecule has 3 aromatic rings. The quantitative estimate of drug-likeness (QED) is 0.335. The summed E-state index contributed by atoms with van der Waals surface area (Å²) < 4.78 is 2.77. The van der Waals surface area contributed by atoms with E-state index in [1.54, 1.807) is 16.3 Å². The smallest absolute Gasteiger partial charge is 0.266 e. The number of thioether (sulfide) groups is 1. The summed E-state index contributed by atoms with van der Waals surface area (Å²) in [5, 5.41) is 1.42. The molecule has 0 atom stereocenters. The molecule has 0 saturated carbocycles. The molecule has 0 amide bonds. The molecule has 0 N–H and O–H groups in total. The van der Waals surface area contributed by atoms with Crippen molar-refractivity contribution in [3.8, 4) is 5.69 Å². The van der Waals surface area contributed by atoms with Crippen LogP contribution in [0.15, 0.2) is 52.4 Å².